The molecule has 0 aliphatic rings. The van der Waals surface area contributed by atoms with Crippen LogP contribution in [0.25, 0.3) is 0 Å². The molecule has 0 atom stereocenters. The summed E-state index contributed by atoms with van der Waals surface area (Å²) in [7, 11) is 0. The van der Waals surface area contributed by atoms with Crippen molar-refractivity contribution in [3.63, 3.8) is 0 Å². The molecule has 0 unspecified atom stereocenters. The molecule has 1 heterocycles. The highest BCUT2D eigenvalue weighted by Gasteiger charge is 2.24. The molecule has 3 heteroatoms. The fourth-order valence-electron chi connectivity index (χ4n) is 1.68. The molecule has 1 rings (SSSR count). The monoisotopic (exact) mass is 225 g/mol. The lowest BCUT2D eigenvalue weighted by Crippen LogP contribution is -2.27. The molecule has 84 valence electrons. The molecule has 1 aromatic rings. The van der Waals surface area contributed by atoms with Gasteiger partial charge in [-0.25, -0.2) is 0 Å². The molecular formula is C12H19NOS. The third-order valence-electron chi connectivity index (χ3n) is 3.21. The number of pyridine rings is 1. The van der Waals surface area contributed by atoms with Crippen molar-refractivity contribution in [3.05, 3.63) is 34.7 Å². The fourth-order valence-corrected chi connectivity index (χ4v) is 2.23. The predicted octanol–water partition coefficient (Wildman–Crippen LogP) is 2.58. The Kier molecular flexibility index (Phi) is 4.45. The summed E-state index contributed by atoms with van der Waals surface area (Å²) in [6.07, 6.45) is 5.93. The van der Waals surface area contributed by atoms with Gasteiger partial charge in [0.2, 0.25) is 0 Å². The lowest BCUT2D eigenvalue weighted by atomic mass is 9.84. The van der Waals surface area contributed by atoms with E-state index in [1.54, 1.807) is 12.1 Å². The minimum absolute atomic E-state index is 0.0655. The lowest BCUT2D eigenvalue weighted by molar-refractivity contribution is 0.257. The Morgan fingerprint density at radius 1 is 1.27 bits per heavy atom. The Bertz CT molecular complexity index is 326. The maximum atomic E-state index is 11.0. The third kappa shape index (κ3) is 3.13. The number of nitrogens with zero attached hydrogens (tertiary/aromatic N) is 1. The van der Waals surface area contributed by atoms with Crippen LogP contribution in [0.3, 0.4) is 0 Å². The normalized spacial score (nSPS) is 11.7. The summed E-state index contributed by atoms with van der Waals surface area (Å²) in [6, 6.07) is 3.21. The number of aromatic nitrogens is 1. The number of rotatable bonds is 5. The first-order chi connectivity index (χ1) is 7.15. The summed E-state index contributed by atoms with van der Waals surface area (Å²) in [5, 5.41) is 0. The van der Waals surface area contributed by atoms with E-state index in [0.29, 0.717) is 0 Å². The Labute approximate surface area is 96.7 Å². The van der Waals surface area contributed by atoms with E-state index in [1.165, 1.54) is 0 Å². The molecule has 0 amide bonds. The summed E-state index contributed by atoms with van der Waals surface area (Å²) in [5.74, 6) is 0.881. The van der Waals surface area contributed by atoms with E-state index in [4.69, 9.17) is 0 Å². The standard InChI is InChI=1S/C12H19NOS/c1-3-12(4-2,10-15)9-13-7-5-11(14)6-8-13/h5-8,15H,3-4,9-10H2,1-2H3. The van der Waals surface area contributed by atoms with Gasteiger partial charge in [-0.2, -0.15) is 12.6 Å². The summed E-state index contributed by atoms with van der Waals surface area (Å²) in [6.45, 7) is 5.33. The highest BCUT2D eigenvalue weighted by molar-refractivity contribution is 7.80. The first kappa shape index (κ1) is 12.4. The minimum atomic E-state index is 0.0655. The van der Waals surface area contributed by atoms with E-state index in [2.05, 4.69) is 31.0 Å². The SMILES string of the molecule is CCC(CC)(CS)Cn1ccc(=O)cc1. The fraction of sp³-hybridized carbons (Fsp3) is 0.583. The molecule has 2 nitrogen and oxygen atoms in total. The predicted molar refractivity (Wildman–Crippen MR) is 67.6 cm³/mol. The van der Waals surface area contributed by atoms with Crippen molar-refractivity contribution >= 4 is 12.6 Å². The van der Waals surface area contributed by atoms with E-state index in [-0.39, 0.29) is 10.8 Å². The summed E-state index contributed by atoms with van der Waals surface area (Å²) < 4.78 is 2.07. The molecule has 0 spiro atoms. The van der Waals surface area contributed by atoms with Crippen LogP contribution in [-0.4, -0.2) is 10.3 Å². The Morgan fingerprint density at radius 3 is 2.20 bits per heavy atom. The second-order valence-corrected chi connectivity index (χ2v) is 4.39. The van der Waals surface area contributed by atoms with Gasteiger partial charge in [-0.05, 0) is 24.0 Å². The minimum Gasteiger partial charge on any atom is -0.353 e. The van der Waals surface area contributed by atoms with Gasteiger partial charge in [0.25, 0.3) is 0 Å². The second-order valence-electron chi connectivity index (χ2n) is 4.07. The van der Waals surface area contributed by atoms with Crippen LogP contribution in [0, 0.1) is 5.41 Å². The zero-order valence-corrected chi connectivity index (χ0v) is 10.3. The summed E-state index contributed by atoms with van der Waals surface area (Å²) in [5.41, 5.74) is 0.314. The van der Waals surface area contributed by atoms with Gasteiger partial charge in [0.15, 0.2) is 5.43 Å². The van der Waals surface area contributed by atoms with Crippen LogP contribution < -0.4 is 5.43 Å². The van der Waals surface area contributed by atoms with Crippen LogP contribution in [0.4, 0.5) is 0 Å². The lowest BCUT2D eigenvalue weighted by Gasteiger charge is -2.30. The molecule has 0 N–H and O–H groups in total. The van der Waals surface area contributed by atoms with Crippen molar-refractivity contribution in [1.82, 2.24) is 4.57 Å². The van der Waals surface area contributed by atoms with Crippen LogP contribution in [-0.2, 0) is 6.54 Å². The van der Waals surface area contributed by atoms with E-state index in [9.17, 15) is 4.79 Å². The molecule has 0 saturated carbocycles. The molecule has 0 fully saturated rings. The maximum absolute atomic E-state index is 11.0. The molecule has 0 aliphatic carbocycles. The summed E-state index contributed by atoms with van der Waals surface area (Å²) in [4.78, 5) is 11.0. The molecule has 0 saturated heterocycles. The van der Waals surface area contributed by atoms with Crippen LogP contribution in [0.2, 0.25) is 0 Å². The molecule has 0 bridgehead atoms. The van der Waals surface area contributed by atoms with Crippen LogP contribution >= 0.6 is 12.6 Å². The molecule has 0 aliphatic heterocycles. The Morgan fingerprint density at radius 2 is 1.80 bits per heavy atom. The molecule has 0 radical (unpaired) electrons. The van der Waals surface area contributed by atoms with Crippen molar-refractivity contribution in [1.29, 1.82) is 0 Å². The zero-order chi connectivity index (χ0) is 11.3. The van der Waals surface area contributed by atoms with Crippen molar-refractivity contribution in [2.24, 2.45) is 5.41 Å². The summed E-state index contributed by atoms with van der Waals surface area (Å²) >= 11 is 4.44. The topological polar surface area (TPSA) is 22.0 Å². The first-order valence-corrected chi connectivity index (χ1v) is 6.06. The van der Waals surface area contributed by atoms with Gasteiger partial charge in [-0.1, -0.05) is 13.8 Å². The van der Waals surface area contributed by atoms with E-state index < -0.39 is 0 Å². The molecule has 0 aromatic carbocycles. The van der Waals surface area contributed by atoms with Gasteiger partial charge in [-0.3, -0.25) is 4.79 Å². The average molecular weight is 225 g/mol. The van der Waals surface area contributed by atoms with E-state index in [1.807, 2.05) is 12.4 Å². The van der Waals surface area contributed by atoms with Crippen LogP contribution in [0.1, 0.15) is 26.7 Å². The smallest absolute Gasteiger partial charge is 0.181 e. The molecular weight excluding hydrogens is 206 g/mol. The highest BCUT2D eigenvalue weighted by Crippen LogP contribution is 2.29. The maximum Gasteiger partial charge on any atom is 0.181 e. The van der Waals surface area contributed by atoms with Gasteiger partial charge in [0.1, 0.15) is 0 Å². The average Bonchev–Trinajstić information content (AvgIpc) is 2.29. The second kappa shape index (κ2) is 5.40. The number of thiol groups is 1. The highest BCUT2D eigenvalue weighted by atomic mass is 32.1. The first-order valence-electron chi connectivity index (χ1n) is 5.43. The van der Waals surface area contributed by atoms with Gasteiger partial charge >= 0.3 is 0 Å². The number of hydrogen-bond donors (Lipinski definition) is 1. The van der Waals surface area contributed by atoms with Crippen molar-refractivity contribution in [3.8, 4) is 0 Å². The third-order valence-corrected chi connectivity index (χ3v) is 3.88. The van der Waals surface area contributed by atoms with Gasteiger partial charge in [0.05, 0.1) is 0 Å². The van der Waals surface area contributed by atoms with E-state index >= 15 is 0 Å². The number of hydrogen-bond acceptors (Lipinski definition) is 2. The molecule has 1 aromatic heterocycles. The largest absolute Gasteiger partial charge is 0.353 e. The quantitative estimate of drug-likeness (QED) is 0.764. The van der Waals surface area contributed by atoms with Crippen molar-refractivity contribution in [2.45, 2.75) is 33.2 Å². The van der Waals surface area contributed by atoms with Crippen molar-refractivity contribution in [2.75, 3.05) is 5.75 Å². The van der Waals surface area contributed by atoms with Gasteiger partial charge < -0.3 is 4.57 Å². The van der Waals surface area contributed by atoms with Crippen molar-refractivity contribution < 1.29 is 0 Å². The van der Waals surface area contributed by atoms with Gasteiger partial charge in [0, 0.05) is 31.1 Å². The Balaban J connectivity index is 2.82. The Hall–Kier alpha value is -0.700. The van der Waals surface area contributed by atoms with E-state index in [0.717, 1.165) is 25.1 Å². The van der Waals surface area contributed by atoms with Gasteiger partial charge in [-0.15, -0.1) is 0 Å². The zero-order valence-electron chi connectivity index (χ0n) is 9.44. The molecule has 15 heavy (non-hydrogen) atoms. The van der Waals surface area contributed by atoms with Crippen LogP contribution in [0.15, 0.2) is 29.3 Å². The van der Waals surface area contributed by atoms with Crippen LogP contribution in [0.5, 0.6) is 0 Å².